The van der Waals surface area contributed by atoms with Gasteiger partial charge in [0.2, 0.25) is 0 Å². The number of methoxy groups -OCH3 is 1. The Kier molecular flexibility index (Phi) is 3.81. The fraction of sp³-hybridized carbons (Fsp3) is 0.188. The molecular formula is C16H14ClNO4. The minimum absolute atomic E-state index is 0.0723. The Morgan fingerprint density at radius 2 is 2.14 bits per heavy atom. The molecule has 1 heterocycles. The van der Waals surface area contributed by atoms with E-state index >= 15 is 0 Å². The summed E-state index contributed by atoms with van der Waals surface area (Å²) in [5.41, 5.74) is 1.34. The average molecular weight is 320 g/mol. The average Bonchev–Trinajstić information content (AvgIpc) is 2.48. The van der Waals surface area contributed by atoms with E-state index in [2.05, 4.69) is 5.32 Å². The van der Waals surface area contributed by atoms with Gasteiger partial charge in [0.1, 0.15) is 17.2 Å². The summed E-state index contributed by atoms with van der Waals surface area (Å²) in [7, 11) is 1.55. The predicted molar refractivity (Wildman–Crippen MR) is 82.9 cm³/mol. The summed E-state index contributed by atoms with van der Waals surface area (Å²) in [6.45, 7) is 0. The van der Waals surface area contributed by atoms with Crippen molar-refractivity contribution in [3.05, 3.63) is 47.0 Å². The number of ether oxygens (including phenoxy) is 2. The van der Waals surface area contributed by atoms with E-state index in [1.807, 2.05) is 6.07 Å². The highest BCUT2D eigenvalue weighted by atomic mass is 35.5. The first kappa shape index (κ1) is 14.5. The molecule has 2 aromatic rings. The minimum Gasteiger partial charge on any atom is -0.508 e. The van der Waals surface area contributed by atoms with Gasteiger partial charge < -0.3 is 19.9 Å². The van der Waals surface area contributed by atoms with Crippen molar-refractivity contribution in [2.45, 2.75) is 12.5 Å². The molecule has 2 aromatic carbocycles. The van der Waals surface area contributed by atoms with Crippen LogP contribution in [-0.4, -0.2) is 24.2 Å². The molecule has 22 heavy (non-hydrogen) atoms. The van der Waals surface area contributed by atoms with Gasteiger partial charge in [0.25, 0.3) is 5.91 Å². The molecule has 1 unspecified atom stereocenters. The Morgan fingerprint density at radius 3 is 2.86 bits per heavy atom. The van der Waals surface area contributed by atoms with Crippen LogP contribution in [0, 0.1) is 0 Å². The molecule has 3 rings (SSSR count). The number of halogens is 1. The van der Waals surface area contributed by atoms with Crippen LogP contribution in [0.1, 0.15) is 5.56 Å². The van der Waals surface area contributed by atoms with E-state index in [1.165, 1.54) is 12.1 Å². The molecule has 1 aliphatic heterocycles. The van der Waals surface area contributed by atoms with Gasteiger partial charge in [-0.25, -0.2) is 0 Å². The molecule has 0 saturated carbocycles. The Labute approximate surface area is 132 Å². The SMILES string of the molecule is COc1ccc(CC2Oc3ccc(O)cc3NC2=O)cc1Cl. The largest absolute Gasteiger partial charge is 0.508 e. The molecule has 0 fully saturated rings. The summed E-state index contributed by atoms with van der Waals surface area (Å²) >= 11 is 6.09. The molecule has 5 nitrogen and oxygen atoms in total. The van der Waals surface area contributed by atoms with E-state index in [0.29, 0.717) is 28.6 Å². The highest BCUT2D eigenvalue weighted by Crippen LogP contribution is 2.33. The van der Waals surface area contributed by atoms with Crippen LogP contribution in [0.4, 0.5) is 5.69 Å². The zero-order valence-corrected chi connectivity index (χ0v) is 12.6. The Hall–Kier alpha value is -2.40. The van der Waals surface area contributed by atoms with Crippen LogP contribution in [0.3, 0.4) is 0 Å². The number of hydrogen-bond donors (Lipinski definition) is 2. The molecule has 6 heteroatoms. The van der Waals surface area contributed by atoms with Crippen LogP contribution in [0.25, 0.3) is 0 Å². The highest BCUT2D eigenvalue weighted by Gasteiger charge is 2.28. The van der Waals surface area contributed by atoms with Gasteiger partial charge in [-0.1, -0.05) is 17.7 Å². The second-order valence-electron chi connectivity index (χ2n) is 4.95. The number of benzene rings is 2. The van der Waals surface area contributed by atoms with Crippen LogP contribution < -0.4 is 14.8 Å². The summed E-state index contributed by atoms with van der Waals surface area (Å²) in [5.74, 6) is 0.926. The number of aromatic hydroxyl groups is 1. The van der Waals surface area contributed by atoms with Gasteiger partial charge in [0, 0.05) is 12.5 Å². The first-order chi connectivity index (χ1) is 10.6. The number of anilines is 1. The number of rotatable bonds is 3. The van der Waals surface area contributed by atoms with Crippen LogP contribution >= 0.6 is 11.6 Å². The van der Waals surface area contributed by atoms with E-state index in [0.717, 1.165) is 5.56 Å². The van der Waals surface area contributed by atoms with Crippen molar-refractivity contribution in [2.75, 3.05) is 12.4 Å². The number of hydrogen-bond acceptors (Lipinski definition) is 4. The van der Waals surface area contributed by atoms with Gasteiger partial charge >= 0.3 is 0 Å². The number of nitrogens with one attached hydrogen (secondary N) is 1. The van der Waals surface area contributed by atoms with Crippen molar-refractivity contribution >= 4 is 23.2 Å². The zero-order chi connectivity index (χ0) is 15.7. The van der Waals surface area contributed by atoms with E-state index in [1.54, 1.807) is 25.3 Å². The maximum Gasteiger partial charge on any atom is 0.265 e. The Bertz CT molecular complexity index is 732. The van der Waals surface area contributed by atoms with Crippen molar-refractivity contribution < 1.29 is 19.4 Å². The standard InChI is InChI=1S/C16H14ClNO4/c1-21-13-4-2-9(6-11(13)17)7-15-16(20)18-12-8-10(19)3-5-14(12)22-15/h2-6,8,15,19H,7H2,1H3,(H,18,20). The number of carbonyl (C=O) groups is 1. The predicted octanol–water partition coefficient (Wildman–Crippen LogP) is 3.00. The van der Waals surface area contributed by atoms with Crippen molar-refractivity contribution in [2.24, 2.45) is 0 Å². The first-order valence-corrected chi connectivity index (χ1v) is 7.07. The highest BCUT2D eigenvalue weighted by molar-refractivity contribution is 6.32. The fourth-order valence-electron chi connectivity index (χ4n) is 2.32. The van der Waals surface area contributed by atoms with Crippen molar-refractivity contribution in [3.63, 3.8) is 0 Å². The lowest BCUT2D eigenvalue weighted by atomic mass is 10.1. The third kappa shape index (κ3) is 2.80. The molecule has 2 N–H and O–H groups in total. The number of carbonyl (C=O) groups excluding carboxylic acids is 1. The summed E-state index contributed by atoms with van der Waals surface area (Å²) < 4.78 is 10.8. The Balaban J connectivity index is 1.80. The van der Waals surface area contributed by atoms with Gasteiger partial charge in [-0.2, -0.15) is 0 Å². The molecule has 114 valence electrons. The molecule has 0 aromatic heterocycles. The summed E-state index contributed by atoms with van der Waals surface area (Å²) in [5, 5.41) is 12.6. The van der Waals surface area contributed by atoms with Crippen LogP contribution in [0.2, 0.25) is 5.02 Å². The smallest absolute Gasteiger partial charge is 0.265 e. The van der Waals surface area contributed by atoms with Gasteiger partial charge in [0.05, 0.1) is 17.8 Å². The lowest BCUT2D eigenvalue weighted by Gasteiger charge is -2.26. The maximum atomic E-state index is 12.1. The van der Waals surface area contributed by atoms with Gasteiger partial charge in [0.15, 0.2) is 6.10 Å². The fourth-order valence-corrected chi connectivity index (χ4v) is 2.60. The second kappa shape index (κ2) is 5.77. The molecule has 1 aliphatic rings. The number of amides is 1. The van der Waals surface area contributed by atoms with Crippen LogP contribution in [-0.2, 0) is 11.2 Å². The van der Waals surface area contributed by atoms with Crippen molar-refractivity contribution in [1.29, 1.82) is 0 Å². The molecule has 1 amide bonds. The lowest BCUT2D eigenvalue weighted by Crippen LogP contribution is -2.38. The van der Waals surface area contributed by atoms with Gasteiger partial charge in [-0.05, 0) is 29.8 Å². The molecule has 0 spiro atoms. The maximum absolute atomic E-state index is 12.1. The summed E-state index contributed by atoms with van der Waals surface area (Å²) in [6, 6.07) is 9.94. The normalized spacial score (nSPS) is 16.5. The molecule has 0 saturated heterocycles. The van der Waals surface area contributed by atoms with Gasteiger partial charge in [-0.3, -0.25) is 4.79 Å². The van der Waals surface area contributed by atoms with E-state index in [-0.39, 0.29) is 11.7 Å². The van der Waals surface area contributed by atoms with E-state index in [4.69, 9.17) is 21.1 Å². The molecular weight excluding hydrogens is 306 g/mol. The number of fused-ring (bicyclic) bond motifs is 1. The molecule has 0 radical (unpaired) electrons. The lowest BCUT2D eigenvalue weighted by molar-refractivity contribution is -0.123. The monoisotopic (exact) mass is 319 g/mol. The molecule has 0 aliphatic carbocycles. The van der Waals surface area contributed by atoms with Crippen molar-refractivity contribution in [3.8, 4) is 17.2 Å². The summed E-state index contributed by atoms with van der Waals surface area (Å²) in [4.78, 5) is 12.1. The third-order valence-corrected chi connectivity index (χ3v) is 3.72. The van der Waals surface area contributed by atoms with Crippen molar-refractivity contribution in [1.82, 2.24) is 0 Å². The molecule has 1 atom stereocenters. The zero-order valence-electron chi connectivity index (χ0n) is 11.8. The quantitative estimate of drug-likeness (QED) is 0.912. The topological polar surface area (TPSA) is 67.8 Å². The number of phenolic OH excluding ortho intramolecular Hbond substituents is 1. The number of phenols is 1. The van der Waals surface area contributed by atoms with E-state index in [9.17, 15) is 9.90 Å². The Morgan fingerprint density at radius 1 is 1.32 bits per heavy atom. The second-order valence-corrected chi connectivity index (χ2v) is 5.36. The van der Waals surface area contributed by atoms with Crippen LogP contribution in [0.5, 0.6) is 17.2 Å². The van der Waals surface area contributed by atoms with E-state index < -0.39 is 6.10 Å². The van der Waals surface area contributed by atoms with Crippen LogP contribution in [0.15, 0.2) is 36.4 Å². The molecule has 0 bridgehead atoms. The summed E-state index contributed by atoms with van der Waals surface area (Å²) in [6.07, 6.45) is -0.267. The minimum atomic E-state index is -0.651. The third-order valence-electron chi connectivity index (χ3n) is 3.42. The van der Waals surface area contributed by atoms with Gasteiger partial charge in [-0.15, -0.1) is 0 Å². The first-order valence-electron chi connectivity index (χ1n) is 6.70.